The van der Waals surface area contributed by atoms with E-state index in [2.05, 4.69) is 26.0 Å². The average molecular weight is 789 g/mol. The Bertz CT molecular complexity index is 938. The molecule has 0 fully saturated rings. The Balaban J connectivity index is 4.29. The number of quaternary nitrogens is 1. The summed E-state index contributed by atoms with van der Waals surface area (Å²) in [4.78, 5) is 35.3. The number of phosphoric ester groups is 1. The summed E-state index contributed by atoms with van der Waals surface area (Å²) in [6, 6.07) is 0. The summed E-state index contributed by atoms with van der Waals surface area (Å²) in [5.74, 6) is -0.793. The van der Waals surface area contributed by atoms with Crippen molar-refractivity contribution in [3.63, 3.8) is 0 Å². The maximum Gasteiger partial charge on any atom is 0.472 e. The number of carbonyl (C=O) groups is 2. The van der Waals surface area contributed by atoms with Crippen LogP contribution in [0.4, 0.5) is 0 Å². The molecule has 9 nitrogen and oxygen atoms in total. The molecule has 0 rings (SSSR count). The van der Waals surface area contributed by atoms with Crippen LogP contribution in [0.2, 0.25) is 0 Å². The van der Waals surface area contributed by atoms with Crippen LogP contribution < -0.4 is 0 Å². The topological polar surface area (TPSA) is 108 Å². The van der Waals surface area contributed by atoms with Crippen LogP contribution in [-0.4, -0.2) is 74.9 Å². The van der Waals surface area contributed by atoms with Gasteiger partial charge in [-0.05, 0) is 38.5 Å². The van der Waals surface area contributed by atoms with E-state index in [0.717, 1.165) is 32.1 Å². The molecule has 0 amide bonds. The molecule has 0 radical (unpaired) electrons. The maximum absolute atomic E-state index is 12.7. The highest BCUT2D eigenvalue weighted by Gasteiger charge is 2.27. The zero-order chi connectivity index (χ0) is 40.0. The molecule has 0 bridgehead atoms. The number of carbonyl (C=O) groups excluding carboxylic acids is 2. The quantitative estimate of drug-likeness (QED) is 0.0214. The number of unbranched alkanes of at least 4 members (excludes halogenated alkanes) is 25. The summed E-state index contributed by atoms with van der Waals surface area (Å²) in [6.07, 6.45) is 38.3. The Morgan fingerprint density at radius 1 is 0.556 bits per heavy atom. The van der Waals surface area contributed by atoms with Crippen LogP contribution in [-0.2, 0) is 32.7 Å². The summed E-state index contributed by atoms with van der Waals surface area (Å²) < 4.78 is 34.3. The Morgan fingerprint density at radius 2 is 0.944 bits per heavy atom. The van der Waals surface area contributed by atoms with E-state index in [9.17, 15) is 19.0 Å². The molecule has 320 valence electrons. The van der Waals surface area contributed by atoms with E-state index in [0.29, 0.717) is 23.9 Å². The van der Waals surface area contributed by atoms with E-state index in [1.165, 1.54) is 141 Å². The second-order valence-electron chi connectivity index (χ2n) is 16.4. The first-order valence-corrected chi connectivity index (χ1v) is 23.9. The third-order valence-electron chi connectivity index (χ3n) is 9.80. The fourth-order valence-electron chi connectivity index (χ4n) is 6.24. The van der Waals surface area contributed by atoms with Crippen LogP contribution >= 0.6 is 7.82 Å². The van der Waals surface area contributed by atoms with E-state index < -0.39 is 26.5 Å². The highest BCUT2D eigenvalue weighted by atomic mass is 31.2. The van der Waals surface area contributed by atoms with Gasteiger partial charge in [-0.3, -0.25) is 18.6 Å². The Kier molecular flexibility index (Phi) is 36.5. The normalized spacial score (nSPS) is 13.7. The van der Waals surface area contributed by atoms with Crippen molar-refractivity contribution in [1.29, 1.82) is 0 Å². The minimum atomic E-state index is -4.37. The van der Waals surface area contributed by atoms with Gasteiger partial charge in [-0.15, -0.1) is 0 Å². The van der Waals surface area contributed by atoms with Gasteiger partial charge in [-0.1, -0.05) is 167 Å². The second-order valence-corrected chi connectivity index (χ2v) is 17.9. The molecule has 0 aromatic heterocycles. The van der Waals surface area contributed by atoms with Gasteiger partial charge in [0.15, 0.2) is 6.10 Å². The predicted molar refractivity (Wildman–Crippen MR) is 224 cm³/mol. The van der Waals surface area contributed by atoms with Crippen LogP contribution in [0, 0.1) is 0 Å². The molecule has 0 aliphatic heterocycles. The summed E-state index contributed by atoms with van der Waals surface area (Å²) in [5, 5.41) is 0. The first-order chi connectivity index (χ1) is 26.0. The van der Waals surface area contributed by atoms with Crippen LogP contribution in [0.25, 0.3) is 0 Å². The van der Waals surface area contributed by atoms with Gasteiger partial charge < -0.3 is 18.9 Å². The Morgan fingerprint density at radius 3 is 1.37 bits per heavy atom. The second kappa shape index (κ2) is 37.3. The third-order valence-corrected chi connectivity index (χ3v) is 10.8. The van der Waals surface area contributed by atoms with Gasteiger partial charge in [0.05, 0.1) is 27.7 Å². The molecule has 0 aromatic carbocycles. The maximum atomic E-state index is 12.7. The van der Waals surface area contributed by atoms with Crippen LogP contribution in [0.3, 0.4) is 0 Å². The van der Waals surface area contributed by atoms with Gasteiger partial charge >= 0.3 is 19.8 Å². The van der Waals surface area contributed by atoms with Gasteiger partial charge in [0.1, 0.15) is 19.8 Å². The predicted octanol–water partition coefficient (Wildman–Crippen LogP) is 12.6. The Labute approximate surface area is 333 Å². The van der Waals surface area contributed by atoms with E-state index in [1.54, 1.807) is 0 Å². The van der Waals surface area contributed by atoms with Crippen LogP contribution in [0.5, 0.6) is 0 Å². The van der Waals surface area contributed by atoms with Crippen molar-refractivity contribution in [2.45, 2.75) is 213 Å². The number of esters is 2. The zero-order valence-corrected chi connectivity index (χ0v) is 36.9. The van der Waals surface area contributed by atoms with E-state index in [1.807, 2.05) is 21.1 Å². The van der Waals surface area contributed by atoms with Crippen molar-refractivity contribution < 1.29 is 42.1 Å². The van der Waals surface area contributed by atoms with Crippen molar-refractivity contribution in [2.24, 2.45) is 0 Å². The molecule has 54 heavy (non-hydrogen) atoms. The molecular formula is C44H87NO8P+. The van der Waals surface area contributed by atoms with Crippen molar-refractivity contribution in [2.75, 3.05) is 47.5 Å². The lowest BCUT2D eigenvalue weighted by atomic mass is 10.1. The van der Waals surface area contributed by atoms with E-state index in [-0.39, 0.29) is 25.6 Å². The first-order valence-electron chi connectivity index (χ1n) is 22.4. The van der Waals surface area contributed by atoms with Gasteiger partial charge in [0, 0.05) is 12.8 Å². The lowest BCUT2D eigenvalue weighted by molar-refractivity contribution is -0.870. The zero-order valence-electron chi connectivity index (χ0n) is 36.0. The SMILES string of the molecule is CCCCCCCC/C=C\CCCCCCCCCCCC(=O)O[C@H](COC(=O)CCCCCCCCCCCCC)COP(=O)(O)OCC[N+](C)(C)C. The minimum absolute atomic E-state index is 0.0344. The molecule has 0 saturated carbocycles. The van der Waals surface area contributed by atoms with Crippen molar-refractivity contribution >= 4 is 19.8 Å². The van der Waals surface area contributed by atoms with Gasteiger partial charge in [0.2, 0.25) is 0 Å². The number of ether oxygens (including phenoxy) is 2. The molecular weight excluding hydrogens is 701 g/mol. The standard InChI is InChI=1S/C44H86NO8P/c1-6-8-10-12-14-16-18-19-20-21-22-23-24-25-27-29-31-33-35-37-44(47)53-42(41-52-54(48,49)51-39-38-45(3,4)5)40-50-43(46)36-34-32-30-28-26-17-15-13-11-9-7-2/h19-20,42H,6-18,21-41H2,1-5H3/p+1/b20-19-/t42-/m1/s1. The number of likely N-dealkylation sites (N-methyl/N-ethyl adjacent to an activating group) is 1. The molecule has 0 heterocycles. The Hall–Kier alpha value is -1.25. The van der Waals surface area contributed by atoms with E-state index >= 15 is 0 Å². The lowest BCUT2D eigenvalue weighted by Crippen LogP contribution is -2.37. The largest absolute Gasteiger partial charge is 0.472 e. The van der Waals surface area contributed by atoms with Gasteiger partial charge in [-0.25, -0.2) is 4.57 Å². The van der Waals surface area contributed by atoms with Gasteiger partial charge in [-0.2, -0.15) is 0 Å². The molecule has 2 atom stereocenters. The fourth-order valence-corrected chi connectivity index (χ4v) is 6.99. The minimum Gasteiger partial charge on any atom is -0.462 e. The molecule has 0 saturated heterocycles. The first kappa shape index (κ1) is 52.8. The molecule has 1 N–H and O–H groups in total. The highest BCUT2D eigenvalue weighted by molar-refractivity contribution is 7.47. The lowest BCUT2D eigenvalue weighted by Gasteiger charge is -2.24. The molecule has 0 aromatic rings. The van der Waals surface area contributed by atoms with E-state index in [4.69, 9.17) is 18.5 Å². The highest BCUT2D eigenvalue weighted by Crippen LogP contribution is 2.43. The molecule has 1 unspecified atom stereocenters. The number of phosphoric acid groups is 1. The average Bonchev–Trinajstić information content (AvgIpc) is 3.12. The summed E-state index contributed by atoms with van der Waals surface area (Å²) in [7, 11) is 1.48. The van der Waals surface area contributed by atoms with Gasteiger partial charge in [0.25, 0.3) is 0 Å². The number of hydrogen-bond donors (Lipinski definition) is 1. The van der Waals surface area contributed by atoms with Crippen LogP contribution in [0.1, 0.15) is 206 Å². The fraction of sp³-hybridized carbons (Fsp3) is 0.909. The molecule has 0 spiro atoms. The number of hydrogen-bond acceptors (Lipinski definition) is 7. The van der Waals surface area contributed by atoms with Crippen molar-refractivity contribution in [3.8, 4) is 0 Å². The van der Waals surface area contributed by atoms with Crippen LogP contribution in [0.15, 0.2) is 12.2 Å². The number of allylic oxidation sites excluding steroid dienone is 2. The summed E-state index contributed by atoms with van der Waals surface area (Å²) in [6.45, 7) is 4.43. The van der Waals surface area contributed by atoms with Crippen molar-refractivity contribution in [1.82, 2.24) is 0 Å². The van der Waals surface area contributed by atoms with Crippen molar-refractivity contribution in [3.05, 3.63) is 12.2 Å². The molecule has 0 aliphatic carbocycles. The number of rotatable bonds is 41. The smallest absolute Gasteiger partial charge is 0.462 e. The summed E-state index contributed by atoms with van der Waals surface area (Å²) in [5.41, 5.74) is 0. The molecule has 10 heteroatoms. The third kappa shape index (κ3) is 40.4. The molecule has 0 aliphatic rings. The number of nitrogens with zero attached hydrogens (tertiary/aromatic N) is 1. The summed E-state index contributed by atoms with van der Waals surface area (Å²) >= 11 is 0. The monoisotopic (exact) mass is 789 g/mol.